The van der Waals surface area contributed by atoms with Crippen molar-refractivity contribution in [3.63, 3.8) is 0 Å². The lowest BCUT2D eigenvalue weighted by molar-refractivity contribution is 0.0342. The highest BCUT2D eigenvalue weighted by molar-refractivity contribution is 5.93. The number of nitrogens with zero attached hydrogens (tertiary/aromatic N) is 3. The predicted molar refractivity (Wildman–Crippen MR) is 109 cm³/mol. The van der Waals surface area contributed by atoms with Gasteiger partial charge in [-0.2, -0.15) is 0 Å². The normalized spacial score (nSPS) is 19.4. The number of aromatic nitrogens is 3. The van der Waals surface area contributed by atoms with Gasteiger partial charge in [-0.25, -0.2) is 9.07 Å². The molecule has 29 heavy (non-hydrogen) atoms. The lowest BCUT2D eigenvalue weighted by Crippen LogP contribution is -2.49. The lowest BCUT2D eigenvalue weighted by Gasteiger charge is -2.38. The fourth-order valence-corrected chi connectivity index (χ4v) is 4.22. The van der Waals surface area contributed by atoms with Crippen molar-refractivity contribution in [3.05, 3.63) is 47.0 Å². The van der Waals surface area contributed by atoms with Crippen LogP contribution in [0.25, 0.3) is 0 Å². The minimum absolute atomic E-state index is 0. The molecule has 1 aromatic heterocycles. The summed E-state index contributed by atoms with van der Waals surface area (Å²) in [5, 5.41) is 14.9. The third kappa shape index (κ3) is 4.44. The summed E-state index contributed by atoms with van der Waals surface area (Å²) in [6, 6.07) is 6.69. The Balaban J connectivity index is 0.00000240. The Labute approximate surface area is 175 Å². The van der Waals surface area contributed by atoms with Crippen molar-refractivity contribution in [1.29, 1.82) is 0 Å². The summed E-state index contributed by atoms with van der Waals surface area (Å²) in [5.41, 5.74) is 1.20. The van der Waals surface area contributed by atoms with Crippen molar-refractivity contribution >= 4 is 18.3 Å². The zero-order valence-electron chi connectivity index (χ0n) is 16.5. The number of hydrogen-bond donors (Lipinski definition) is 2. The van der Waals surface area contributed by atoms with Gasteiger partial charge in [0.2, 0.25) is 0 Å². The van der Waals surface area contributed by atoms with Crippen LogP contribution in [0.1, 0.15) is 53.5 Å². The first kappa shape index (κ1) is 21.7. The fraction of sp³-hybridized carbons (Fsp3) is 0.550. The summed E-state index contributed by atoms with van der Waals surface area (Å²) in [6.07, 6.45) is 3.11. The molecule has 2 aliphatic heterocycles. The molecule has 0 spiro atoms. The minimum Gasteiger partial charge on any atom is -0.381 e. The van der Waals surface area contributed by atoms with Crippen LogP contribution in [0.3, 0.4) is 0 Å². The molecule has 0 saturated carbocycles. The first-order valence-electron chi connectivity index (χ1n) is 9.88. The summed E-state index contributed by atoms with van der Waals surface area (Å²) in [6.45, 7) is 4.78. The van der Waals surface area contributed by atoms with E-state index in [2.05, 4.69) is 20.9 Å². The van der Waals surface area contributed by atoms with Gasteiger partial charge in [0.05, 0.1) is 17.3 Å². The largest absolute Gasteiger partial charge is 0.381 e. The van der Waals surface area contributed by atoms with Gasteiger partial charge in [0.15, 0.2) is 5.69 Å². The van der Waals surface area contributed by atoms with Crippen molar-refractivity contribution in [2.45, 2.75) is 44.2 Å². The van der Waals surface area contributed by atoms with E-state index >= 15 is 0 Å². The molecule has 0 unspecified atom stereocenters. The highest BCUT2D eigenvalue weighted by Crippen LogP contribution is 2.33. The number of amides is 1. The minimum atomic E-state index is -0.664. The maximum absolute atomic E-state index is 13.9. The summed E-state index contributed by atoms with van der Waals surface area (Å²) in [7, 11) is 0. The summed E-state index contributed by atoms with van der Waals surface area (Å²) >= 11 is 0. The van der Waals surface area contributed by atoms with Crippen LogP contribution in [-0.2, 0) is 10.3 Å². The average molecular weight is 424 g/mol. The van der Waals surface area contributed by atoms with E-state index in [1.54, 1.807) is 6.07 Å². The molecule has 4 rings (SSSR count). The average Bonchev–Trinajstić information content (AvgIpc) is 3.11. The first-order chi connectivity index (χ1) is 13.6. The van der Waals surface area contributed by atoms with Crippen molar-refractivity contribution < 1.29 is 13.9 Å². The van der Waals surface area contributed by atoms with Crippen LogP contribution in [0.4, 0.5) is 4.39 Å². The fourth-order valence-electron chi connectivity index (χ4n) is 4.22. The smallest absolute Gasteiger partial charge is 0.274 e. The standard InChI is InChI=1S/C20H26FN5O2.ClH/c1-14-18(24-25-26(14)17-5-9-22-10-6-17)19(27)23-20(7-11-28-12-8-20)15-3-2-4-16(21)13-15;/h2-4,13,17,22H,5-12H2,1H3,(H,23,27);1H. The van der Waals surface area contributed by atoms with Crippen molar-refractivity contribution in [2.24, 2.45) is 0 Å². The van der Waals surface area contributed by atoms with Crippen LogP contribution < -0.4 is 10.6 Å². The maximum Gasteiger partial charge on any atom is 0.274 e. The Hall–Kier alpha value is -2.03. The molecule has 2 fully saturated rings. The second-order valence-corrected chi connectivity index (χ2v) is 7.61. The van der Waals surface area contributed by atoms with Gasteiger partial charge in [0, 0.05) is 13.2 Å². The molecule has 158 valence electrons. The van der Waals surface area contributed by atoms with Crippen LogP contribution in [-0.4, -0.2) is 47.2 Å². The first-order valence-corrected chi connectivity index (χ1v) is 9.88. The molecule has 0 radical (unpaired) electrons. The number of rotatable bonds is 4. The number of benzene rings is 1. The van der Waals surface area contributed by atoms with Crippen LogP contribution >= 0.6 is 12.4 Å². The van der Waals surface area contributed by atoms with Crippen LogP contribution in [0.2, 0.25) is 0 Å². The Morgan fingerprint density at radius 1 is 1.31 bits per heavy atom. The third-order valence-electron chi connectivity index (χ3n) is 5.87. The SMILES string of the molecule is Cc1c(C(=O)NC2(c3cccc(F)c3)CCOCC2)nnn1C1CCNCC1.Cl. The molecule has 0 atom stereocenters. The quantitative estimate of drug-likeness (QED) is 0.789. The molecule has 7 nitrogen and oxygen atoms in total. The second kappa shape index (κ2) is 9.19. The van der Waals surface area contributed by atoms with Crippen molar-refractivity contribution in [1.82, 2.24) is 25.6 Å². The molecule has 9 heteroatoms. The van der Waals surface area contributed by atoms with E-state index in [1.165, 1.54) is 12.1 Å². The second-order valence-electron chi connectivity index (χ2n) is 7.61. The molecule has 0 aliphatic carbocycles. The zero-order valence-corrected chi connectivity index (χ0v) is 17.3. The summed E-state index contributed by atoms with van der Waals surface area (Å²) in [5.74, 6) is -0.588. The lowest BCUT2D eigenvalue weighted by atomic mass is 9.82. The molecule has 2 aliphatic rings. The number of nitrogens with one attached hydrogen (secondary N) is 2. The summed E-state index contributed by atoms with van der Waals surface area (Å²) < 4.78 is 21.2. The number of hydrogen-bond acceptors (Lipinski definition) is 5. The zero-order chi connectivity index (χ0) is 19.6. The number of carbonyl (C=O) groups excluding carboxylic acids is 1. The van der Waals surface area contributed by atoms with E-state index in [4.69, 9.17) is 4.74 Å². The van der Waals surface area contributed by atoms with E-state index in [9.17, 15) is 9.18 Å². The number of piperidine rings is 1. The van der Waals surface area contributed by atoms with Crippen LogP contribution in [0.5, 0.6) is 0 Å². The van der Waals surface area contributed by atoms with Crippen molar-refractivity contribution in [2.75, 3.05) is 26.3 Å². The molecule has 1 aromatic carbocycles. The third-order valence-corrected chi connectivity index (χ3v) is 5.87. The van der Waals surface area contributed by atoms with Gasteiger partial charge in [-0.3, -0.25) is 4.79 Å². The Bertz CT molecular complexity index is 847. The molecule has 2 aromatic rings. The maximum atomic E-state index is 13.9. The topological polar surface area (TPSA) is 81.1 Å². The highest BCUT2D eigenvalue weighted by Gasteiger charge is 2.37. The molecule has 0 bridgehead atoms. The summed E-state index contributed by atoms with van der Waals surface area (Å²) in [4.78, 5) is 13.1. The van der Waals surface area contributed by atoms with Gasteiger partial charge in [0.25, 0.3) is 5.91 Å². The van der Waals surface area contributed by atoms with E-state index in [0.29, 0.717) is 31.7 Å². The Kier molecular flexibility index (Phi) is 6.87. The highest BCUT2D eigenvalue weighted by atomic mass is 35.5. The number of carbonyl (C=O) groups is 1. The molecule has 1 amide bonds. The molecular formula is C20H27ClFN5O2. The molecular weight excluding hydrogens is 397 g/mol. The number of ether oxygens (including phenoxy) is 1. The molecule has 2 N–H and O–H groups in total. The van der Waals surface area contributed by atoms with Crippen LogP contribution in [0, 0.1) is 12.7 Å². The van der Waals surface area contributed by atoms with Crippen molar-refractivity contribution in [3.8, 4) is 0 Å². The monoisotopic (exact) mass is 423 g/mol. The predicted octanol–water partition coefficient (Wildman–Crippen LogP) is 2.51. The number of halogens is 2. The van der Waals surface area contributed by atoms with E-state index < -0.39 is 5.54 Å². The van der Waals surface area contributed by atoms with Crippen LogP contribution in [0.15, 0.2) is 24.3 Å². The molecule has 3 heterocycles. The Morgan fingerprint density at radius 3 is 2.72 bits per heavy atom. The van der Waals surface area contributed by atoms with E-state index in [-0.39, 0.29) is 30.2 Å². The Morgan fingerprint density at radius 2 is 2.03 bits per heavy atom. The van der Waals surface area contributed by atoms with Gasteiger partial charge in [-0.1, -0.05) is 17.3 Å². The van der Waals surface area contributed by atoms with Gasteiger partial charge in [-0.05, 0) is 63.4 Å². The van der Waals surface area contributed by atoms with Gasteiger partial charge in [0.1, 0.15) is 5.82 Å². The van der Waals surface area contributed by atoms with E-state index in [0.717, 1.165) is 37.2 Å². The molecule has 2 saturated heterocycles. The van der Waals surface area contributed by atoms with Gasteiger partial charge < -0.3 is 15.4 Å². The van der Waals surface area contributed by atoms with Gasteiger partial charge >= 0.3 is 0 Å². The van der Waals surface area contributed by atoms with Gasteiger partial charge in [-0.15, -0.1) is 17.5 Å². The van der Waals surface area contributed by atoms with E-state index in [1.807, 2.05) is 17.7 Å².